The van der Waals surface area contributed by atoms with Crippen LogP contribution in [0.5, 0.6) is 0 Å². The third kappa shape index (κ3) is 2.36. The van der Waals surface area contributed by atoms with Crippen molar-refractivity contribution in [1.29, 1.82) is 0 Å². The maximum atomic E-state index is 11.9. The van der Waals surface area contributed by atoms with Crippen molar-refractivity contribution < 1.29 is 14.6 Å². The lowest BCUT2D eigenvalue weighted by atomic mass is 9.99. The molecule has 1 fully saturated rings. The molecule has 0 saturated carbocycles. The summed E-state index contributed by atoms with van der Waals surface area (Å²) in [5, 5.41) is 10.3. The molecule has 0 bridgehead atoms. The second kappa shape index (κ2) is 5.31. The van der Waals surface area contributed by atoms with E-state index in [-0.39, 0.29) is 0 Å². The molecular weight excluding hydrogens is 252 g/mol. The van der Waals surface area contributed by atoms with Crippen molar-refractivity contribution in [2.75, 3.05) is 0 Å². The van der Waals surface area contributed by atoms with E-state index in [2.05, 4.69) is 0 Å². The van der Waals surface area contributed by atoms with Crippen molar-refractivity contribution in [1.82, 2.24) is 0 Å². The highest BCUT2D eigenvalue weighted by Gasteiger charge is 2.39. The zero-order valence-corrected chi connectivity index (χ0v) is 10.8. The lowest BCUT2D eigenvalue weighted by Crippen LogP contribution is -2.14. The van der Waals surface area contributed by atoms with Gasteiger partial charge in [-0.25, -0.2) is 4.79 Å². The molecule has 3 rings (SSSR count). The van der Waals surface area contributed by atoms with Crippen molar-refractivity contribution >= 4 is 12.0 Å². The van der Waals surface area contributed by atoms with Gasteiger partial charge in [0.15, 0.2) is 6.10 Å². The second-order valence-corrected chi connectivity index (χ2v) is 4.69. The number of carbonyl (C=O) groups excluding carboxylic acids is 1. The molecule has 20 heavy (non-hydrogen) atoms. The predicted molar refractivity (Wildman–Crippen MR) is 75.7 cm³/mol. The van der Waals surface area contributed by atoms with Gasteiger partial charge in [-0.2, -0.15) is 0 Å². The minimum atomic E-state index is -0.940. The highest BCUT2D eigenvalue weighted by atomic mass is 16.6. The van der Waals surface area contributed by atoms with Crippen LogP contribution in [0.2, 0.25) is 0 Å². The third-order valence-electron chi connectivity index (χ3n) is 3.32. The van der Waals surface area contributed by atoms with E-state index in [0.29, 0.717) is 5.57 Å². The number of cyclic esters (lactones) is 1. The Labute approximate surface area is 117 Å². The summed E-state index contributed by atoms with van der Waals surface area (Å²) in [6.45, 7) is 0. The Morgan fingerprint density at radius 1 is 0.950 bits per heavy atom. The zero-order valence-electron chi connectivity index (χ0n) is 10.8. The summed E-state index contributed by atoms with van der Waals surface area (Å²) in [7, 11) is 0. The Balaban J connectivity index is 1.92. The van der Waals surface area contributed by atoms with Crippen LogP contribution in [-0.2, 0) is 9.53 Å². The number of aliphatic hydroxyl groups excluding tert-OH is 1. The fourth-order valence-corrected chi connectivity index (χ4v) is 2.30. The summed E-state index contributed by atoms with van der Waals surface area (Å²) in [6.07, 6.45) is 0.111. The van der Waals surface area contributed by atoms with Crippen molar-refractivity contribution in [3.05, 3.63) is 77.4 Å². The first kappa shape index (κ1) is 12.6. The number of aliphatic hydroxyl groups is 1. The zero-order chi connectivity index (χ0) is 13.9. The molecule has 1 saturated heterocycles. The summed E-state index contributed by atoms with van der Waals surface area (Å²) in [6, 6.07) is 18.7. The molecule has 1 aliphatic rings. The van der Waals surface area contributed by atoms with Crippen molar-refractivity contribution in [2.24, 2.45) is 0 Å². The molecule has 0 unspecified atom stereocenters. The number of rotatable bonds is 2. The van der Waals surface area contributed by atoms with Gasteiger partial charge in [0, 0.05) is 0 Å². The van der Waals surface area contributed by atoms with Crippen LogP contribution in [0.3, 0.4) is 0 Å². The first-order valence-electron chi connectivity index (χ1n) is 6.46. The lowest BCUT2D eigenvalue weighted by molar-refractivity contribution is -0.139. The monoisotopic (exact) mass is 266 g/mol. The van der Waals surface area contributed by atoms with Gasteiger partial charge in [0.1, 0.15) is 6.10 Å². The maximum absolute atomic E-state index is 11.9. The second-order valence-electron chi connectivity index (χ2n) is 4.69. The normalized spacial score (nSPS) is 23.9. The molecule has 100 valence electrons. The van der Waals surface area contributed by atoms with Gasteiger partial charge in [0.2, 0.25) is 0 Å². The van der Waals surface area contributed by atoms with E-state index >= 15 is 0 Å². The van der Waals surface area contributed by atoms with Gasteiger partial charge in [-0.1, -0.05) is 60.7 Å². The van der Waals surface area contributed by atoms with Crippen LogP contribution in [0.15, 0.2) is 66.2 Å². The van der Waals surface area contributed by atoms with Crippen molar-refractivity contribution in [3.8, 4) is 0 Å². The minimum absolute atomic E-state index is 0.296. The van der Waals surface area contributed by atoms with Crippen LogP contribution in [0.4, 0.5) is 0 Å². The number of esters is 1. The maximum Gasteiger partial charge on any atom is 0.337 e. The Hall–Kier alpha value is -2.39. The Kier molecular flexibility index (Phi) is 3.35. The van der Waals surface area contributed by atoms with Gasteiger partial charge >= 0.3 is 5.97 Å². The summed E-state index contributed by atoms with van der Waals surface area (Å²) in [5.74, 6) is -0.463. The highest BCUT2D eigenvalue weighted by Crippen LogP contribution is 2.34. The quantitative estimate of drug-likeness (QED) is 0.671. The molecule has 0 radical (unpaired) electrons. The fraction of sp³-hybridized carbons (Fsp3) is 0.118. The molecule has 0 aromatic heterocycles. The van der Waals surface area contributed by atoms with Gasteiger partial charge in [-0.05, 0) is 17.2 Å². The van der Waals surface area contributed by atoms with Crippen LogP contribution in [0.1, 0.15) is 17.2 Å². The van der Waals surface area contributed by atoms with Crippen LogP contribution in [-0.4, -0.2) is 17.2 Å². The van der Waals surface area contributed by atoms with E-state index in [0.717, 1.165) is 11.1 Å². The average molecular weight is 266 g/mol. The molecule has 1 aliphatic heterocycles. The van der Waals surface area contributed by atoms with E-state index in [4.69, 9.17) is 4.74 Å². The van der Waals surface area contributed by atoms with E-state index in [9.17, 15) is 9.90 Å². The molecule has 0 aliphatic carbocycles. The first-order chi connectivity index (χ1) is 9.75. The highest BCUT2D eigenvalue weighted by molar-refractivity contribution is 5.97. The van der Waals surface area contributed by atoms with Crippen LogP contribution in [0, 0.1) is 0 Å². The molecule has 0 amide bonds. The van der Waals surface area contributed by atoms with Crippen LogP contribution in [0.25, 0.3) is 6.08 Å². The fourth-order valence-electron chi connectivity index (χ4n) is 2.30. The topological polar surface area (TPSA) is 46.5 Å². The average Bonchev–Trinajstić information content (AvgIpc) is 2.77. The van der Waals surface area contributed by atoms with E-state index in [1.807, 2.05) is 60.7 Å². The molecule has 1 heterocycles. The Morgan fingerprint density at radius 3 is 2.20 bits per heavy atom. The lowest BCUT2D eigenvalue weighted by Gasteiger charge is -2.12. The molecular formula is C17H14O3. The van der Waals surface area contributed by atoms with Crippen molar-refractivity contribution in [2.45, 2.75) is 12.2 Å². The summed E-state index contributed by atoms with van der Waals surface area (Å²) >= 11 is 0. The van der Waals surface area contributed by atoms with E-state index in [1.54, 1.807) is 6.08 Å². The molecule has 1 N–H and O–H groups in total. The molecule has 3 nitrogen and oxygen atoms in total. The predicted octanol–water partition coefficient (Wildman–Crippen LogP) is 2.73. The third-order valence-corrected chi connectivity index (χ3v) is 3.32. The van der Waals surface area contributed by atoms with Crippen LogP contribution < -0.4 is 0 Å². The van der Waals surface area contributed by atoms with Gasteiger partial charge < -0.3 is 9.84 Å². The standard InChI is InChI=1S/C17H14O3/c18-15-14(11-12-7-3-1-4-8-12)17(19)20-16(15)13-9-5-2-6-10-13/h1-11,15-16,18H/b14-11-/t15-,16-/m1/s1. The molecule has 3 heteroatoms. The summed E-state index contributed by atoms with van der Waals surface area (Å²) in [5.41, 5.74) is 1.96. The first-order valence-corrected chi connectivity index (χ1v) is 6.46. The smallest absolute Gasteiger partial charge is 0.337 e. The van der Waals surface area contributed by atoms with Crippen molar-refractivity contribution in [3.63, 3.8) is 0 Å². The van der Waals surface area contributed by atoms with Gasteiger partial charge in [-0.15, -0.1) is 0 Å². The number of carbonyl (C=O) groups is 1. The largest absolute Gasteiger partial charge is 0.451 e. The van der Waals surface area contributed by atoms with E-state index < -0.39 is 18.2 Å². The molecule has 2 aromatic carbocycles. The molecule has 0 spiro atoms. The number of ether oxygens (including phenoxy) is 1. The summed E-state index contributed by atoms with van der Waals surface area (Å²) < 4.78 is 5.29. The number of hydrogen-bond donors (Lipinski definition) is 1. The SMILES string of the molecule is O=C1O[C@H](c2ccccc2)[C@H](O)/C1=C/c1ccccc1. The Morgan fingerprint density at radius 2 is 1.55 bits per heavy atom. The minimum Gasteiger partial charge on any atom is -0.451 e. The summed E-state index contributed by atoms with van der Waals surface area (Å²) in [4.78, 5) is 11.9. The number of benzene rings is 2. The Bertz CT molecular complexity index is 632. The van der Waals surface area contributed by atoms with E-state index in [1.165, 1.54) is 0 Å². The van der Waals surface area contributed by atoms with Crippen LogP contribution >= 0.6 is 0 Å². The van der Waals surface area contributed by atoms with Gasteiger partial charge in [-0.3, -0.25) is 0 Å². The molecule has 2 atom stereocenters. The number of hydrogen-bond acceptors (Lipinski definition) is 3. The van der Waals surface area contributed by atoms with Gasteiger partial charge in [0.25, 0.3) is 0 Å². The molecule has 2 aromatic rings. The van der Waals surface area contributed by atoms with Gasteiger partial charge in [0.05, 0.1) is 5.57 Å².